The van der Waals surface area contributed by atoms with E-state index in [1.54, 1.807) is 0 Å². The second-order valence-corrected chi connectivity index (χ2v) is 1.66. The zero-order chi connectivity index (χ0) is 8.53. The molecule has 0 saturated carbocycles. The molecule has 0 fully saturated rings. The fourth-order valence-corrected chi connectivity index (χ4v) is 0.420. The molecule has 0 aromatic carbocycles. The van der Waals surface area contributed by atoms with Gasteiger partial charge in [0.25, 0.3) is 12.9 Å². The van der Waals surface area contributed by atoms with Gasteiger partial charge in [-0.15, -0.1) is 0 Å². The minimum Gasteiger partial charge on any atom is -0.467 e. The standard InChI is InChI=1S/C6H8O5/c7-4-10-2-1-6(9)3-11-5-8/h4-5H,1-3H2. The number of carbonyl (C=O) groups is 3. The lowest BCUT2D eigenvalue weighted by Gasteiger charge is -1.97. The maximum Gasteiger partial charge on any atom is 0.293 e. The molecule has 0 spiro atoms. The summed E-state index contributed by atoms with van der Waals surface area (Å²) in [5.41, 5.74) is 0. The van der Waals surface area contributed by atoms with Crippen molar-refractivity contribution >= 4 is 18.7 Å². The van der Waals surface area contributed by atoms with Gasteiger partial charge in [-0.25, -0.2) is 0 Å². The molecule has 0 radical (unpaired) electrons. The topological polar surface area (TPSA) is 69.7 Å². The Kier molecular flexibility index (Phi) is 5.88. The third-order valence-corrected chi connectivity index (χ3v) is 0.879. The highest BCUT2D eigenvalue weighted by Crippen LogP contribution is 1.84. The van der Waals surface area contributed by atoms with Crippen LogP contribution < -0.4 is 0 Å². The molecule has 11 heavy (non-hydrogen) atoms. The number of hydrogen-bond donors (Lipinski definition) is 0. The van der Waals surface area contributed by atoms with Crippen LogP contribution in [0.25, 0.3) is 0 Å². The van der Waals surface area contributed by atoms with E-state index in [-0.39, 0.29) is 38.4 Å². The summed E-state index contributed by atoms with van der Waals surface area (Å²) in [5, 5.41) is 0. The SMILES string of the molecule is O=COCCC(=O)COC=O. The van der Waals surface area contributed by atoms with Gasteiger partial charge in [0.1, 0.15) is 6.61 Å². The van der Waals surface area contributed by atoms with Gasteiger partial charge in [0.05, 0.1) is 6.61 Å². The summed E-state index contributed by atoms with van der Waals surface area (Å²) < 4.78 is 8.39. The van der Waals surface area contributed by atoms with E-state index in [1.165, 1.54) is 0 Å². The minimum absolute atomic E-state index is 0.0323. The van der Waals surface area contributed by atoms with Crippen LogP contribution in [0.4, 0.5) is 0 Å². The van der Waals surface area contributed by atoms with Crippen molar-refractivity contribution in [3.05, 3.63) is 0 Å². The molecule has 0 aliphatic heterocycles. The Morgan fingerprint density at radius 3 is 2.36 bits per heavy atom. The quantitative estimate of drug-likeness (QED) is 0.363. The summed E-state index contributed by atoms with van der Waals surface area (Å²) >= 11 is 0. The number of Topliss-reactive ketones (excluding diaryl/α,β-unsaturated/α-hetero) is 1. The summed E-state index contributed by atoms with van der Waals surface area (Å²) in [6.07, 6.45) is 0.0760. The Morgan fingerprint density at radius 1 is 1.18 bits per heavy atom. The van der Waals surface area contributed by atoms with E-state index in [2.05, 4.69) is 9.47 Å². The Balaban J connectivity index is 3.21. The van der Waals surface area contributed by atoms with Crippen LogP contribution in [-0.4, -0.2) is 31.9 Å². The average Bonchev–Trinajstić information content (AvgIpc) is 2.01. The van der Waals surface area contributed by atoms with Gasteiger partial charge in [0, 0.05) is 6.42 Å². The number of ether oxygens (including phenoxy) is 2. The van der Waals surface area contributed by atoms with E-state index in [0.717, 1.165) is 0 Å². The van der Waals surface area contributed by atoms with Crippen LogP contribution in [0.15, 0.2) is 0 Å². The van der Waals surface area contributed by atoms with Gasteiger partial charge in [-0.05, 0) is 0 Å². The van der Waals surface area contributed by atoms with Crippen LogP contribution in [0.3, 0.4) is 0 Å². The van der Waals surface area contributed by atoms with Crippen molar-refractivity contribution in [2.75, 3.05) is 13.2 Å². The molecule has 0 atom stereocenters. The van der Waals surface area contributed by atoms with Gasteiger partial charge in [0.2, 0.25) is 0 Å². The average molecular weight is 160 g/mol. The molecule has 0 saturated heterocycles. The third-order valence-electron chi connectivity index (χ3n) is 0.879. The first-order valence-electron chi connectivity index (χ1n) is 2.93. The summed E-state index contributed by atoms with van der Waals surface area (Å²) in [6, 6.07) is 0. The van der Waals surface area contributed by atoms with Crippen molar-refractivity contribution < 1.29 is 23.9 Å². The van der Waals surface area contributed by atoms with Crippen LogP contribution in [0.2, 0.25) is 0 Å². The molecular weight excluding hydrogens is 152 g/mol. The zero-order valence-electron chi connectivity index (χ0n) is 5.82. The van der Waals surface area contributed by atoms with Gasteiger partial charge >= 0.3 is 0 Å². The molecule has 0 rings (SSSR count). The number of carbonyl (C=O) groups excluding carboxylic acids is 3. The van der Waals surface area contributed by atoms with Gasteiger partial charge in [-0.3, -0.25) is 14.4 Å². The Hall–Kier alpha value is -1.39. The summed E-state index contributed by atoms with van der Waals surface area (Å²) in [5.74, 6) is -0.279. The summed E-state index contributed by atoms with van der Waals surface area (Å²) in [7, 11) is 0. The van der Waals surface area contributed by atoms with E-state index in [4.69, 9.17) is 0 Å². The van der Waals surface area contributed by atoms with Crippen LogP contribution in [0.5, 0.6) is 0 Å². The highest BCUT2D eigenvalue weighted by molar-refractivity contribution is 5.80. The van der Waals surface area contributed by atoms with Gasteiger partial charge in [0.15, 0.2) is 5.78 Å². The van der Waals surface area contributed by atoms with Crippen LogP contribution in [-0.2, 0) is 23.9 Å². The molecule has 0 unspecified atom stereocenters. The Labute approximate surface area is 63.3 Å². The summed E-state index contributed by atoms with van der Waals surface area (Å²) in [4.78, 5) is 29.8. The monoisotopic (exact) mass is 160 g/mol. The highest BCUT2D eigenvalue weighted by atomic mass is 16.5. The normalized spacial score (nSPS) is 8.36. The lowest BCUT2D eigenvalue weighted by atomic mass is 10.3. The molecular formula is C6H8O5. The lowest BCUT2D eigenvalue weighted by Crippen LogP contribution is -2.10. The molecule has 0 aromatic rings. The molecule has 0 aromatic heterocycles. The van der Waals surface area contributed by atoms with Crippen molar-refractivity contribution in [2.24, 2.45) is 0 Å². The predicted octanol–water partition coefficient (Wildman–Crippen LogP) is -0.708. The lowest BCUT2D eigenvalue weighted by molar-refractivity contribution is -0.138. The minimum atomic E-state index is -0.279. The molecule has 0 amide bonds. The van der Waals surface area contributed by atoms with Crippen molar-refractivity contribution in [2.45, 2.75) is 6.42 Å². The smallest absolute Gasteiger partial charge is 0.293 e. The van der Waals surface area contributed by atoms with Crippen LogP contribution in [0.1, 0.15) is 6.42 Å². The fraction of sp³-hybridized carbons (Fsp3) is 0.500. The zero-order valence-corrected chi connectivity index (χ0v) is 5.82. The van der Waals surface area contributed by atoms with Gasteiger partial charge < -0.3 is 9.47 Å². The first-order chi connectivity index (χ1) is 5.31. The van der Waals surface area contributed by atoms with E-state index in [1.807, 2.05) is 0 Å². The van der Waals surface area contributed by atoms with E-state index >= 15 is 0 Å². The first kappa shape index (κ1) is 9.61. The summed E-state index contributed by atoms with van der Waals surface area (Å²) in [6.45, 7) is 0.225. The van der Waals surface area contributed by atoms with Crippen LogP contribution >= 0.6 is 0 Å². The van der Waals surface area contributed by atoms with Crippen LogP contribution in [0, 0.1) is 0 Å². The molecule has 0 aliphatic carbocycles. The molecule has 5 nitrogen and oxygen atoms in total. The fourth-order valence-electron chi connectivity index (χ4n) is 0.420. The predicted molar refractivity (Wildman–Crippen MR) is 33.7 cm³/mol. The number of ketones is 1. The largest absolute Gasteiger partial charge is 0.467 e. The number of rotatable bonds is 7. The molecule has 0 aliphatic rings. The van der Waals surface area contributed by atoms with Crippen molar-refractivity contribution in [3.63, 3.8) is 0 Å². The third kappa shape index (κ3) is 6.50. The van der Waals surface area contributed by atoms with E-state index in [0.29, 0.717) is 0 Å². The van der Waals surface area contributed by atoms with Crippen molar-refractivity contribution in [1.29, 1.82) is 0 Å². The Morgan fingerprint density at radius 2 is 1.82 bits per heavy atom. The molecule has 0 N–H and O–H groups in total. The van der Waals surface area contributed by atoms with Crippen molar-refractivity contribution in [1.82, 2.24) is 0 Å². The molecule has 62 valence electrons. The number of hydrogen-bond acceptors (Lipinski definition) is 5. The molecule has 0 bridgehead atoms. The first-order valence-corrected chi connectivity index (χ1v) is 2.93. The van der Waals surface area contributed by atoms with E-state index in [9.17, 15) is 14.4 Å². The highest BCUT2D eigenvalue weighted by Gasteiger charge is 2.00. The Bertz CT molecular complexity index is 142. The maximum absolute atomic E-state index is 10.6. The van der Waals surface area contributed by atoms with Crippen molar-refractivity contribution in [3.8, 4) is 0 Å². The second-order valence-electron chi connectivity index (χ2n) is 1.66. The van der Waals surface area contributed by atoms with Gasteiger partial charge in [-0.1, -0.05) is 0 Å². The van der Waals surface area contributed by atoms with Gasteiger partial charge in [-0.2, -0.15) is 0 Å². The molecule has 5 heteroatoms. The van der Waals surface area contributed by atoms with E-state index < -0.39 is 0 Å². The molecule has 0 heterocycles. The second kappa shape index (κ2) is 6.73. The maximum atomic E-state index is 10.6.